The Morgan fingerprint density at radius 2 is 1.65 bits per heavy atom. The van der Waals surface area contributed by atoms with E-state index in [9.17, 15) is 22.4 Å². The van der Waals surface area contributed by atoms with Crippen LogP contribution in [0.5, 0.6) is 5.75 Å². The number of halogens is 4. The van der Waals surface area contributed by atoms with Crippen molar-refractivity contribution in [1.29, 1.82) is 0 Å². The monoisotopic (exact) mass is 430 g/mol. The van der Waals surface area contributed by atoms with Gasteiger partial charge in [0.25, 0.3) is 0 Å². The summed E-state index contributed by atoms with van der Waals surface area (Å²) in [5, 5.41) is 2.76. The summed E-state index contributed by atoms with van der Waals surface area (Å²) < 4.78 is 54.6. The molecule has 0 saturated heterocycles. The fourth-order valence-corrected chi connectivity index (χ4v) is 3.73. The molecule has 0 saturated carbocycles. The van der Waals surface area contributed by atoms with Crippen LogP contribution in [-0.4, -0.2) is 23.8 Å². The van der Waals surface area contributed by atoms with E-state index in [1.54, 1.807) is 4.90 Å². The molecule has 1 aliphatic heterocycles. The Labute approximate surface area is 176 Å². The molecule has 1 aliphatic rings. The lowest BCUT2D eigenvalue weighted by Crippen LogP contribution is -2.43. The van der Waals surface area contributed by atoms with Crippen molar-refractivity contribution in [2.24, 2.45) is 0 Å². The van der Waals surface area contributed by atoms with Gasteiger partial charge in [-0.3, -0.25) is 0 Å². The van der Waals surface area contributed by atoms with Crippen molar-refractivity contribution < 1.29 is 27.1 Å². The predicted molar refractivity (Wildman–Crippen MR) is 107 cm³/mol. The largest absolute Gasteiger partial charge is 0.573 e. The van der Waals surface area contributed by atoms with Crippen LogP contribution in [0.1, 0.15) is 22.7 Å². The number of carbonyl (C=O) groups is 1. The molecule has 1 N–H and O–H groups in total. The molecule has 0 fully saturated rings. The summed E-state index contributed by atoms with van der Waals surface area (Å²) in [6, 6.07) is 17.7. The van der Waals surface area contributed by atoms with Crippen LogP contribution in [0.25, 0.3) is 0 Å². The molecule has 8 heteroatoms. The lowest BCUT2D eigenvalue weighted by molar-refractivity contribution is -0.274. The smallest absolute Gasteiger partial charge is 0.406 e. The van der Waals surface area contributed by atoms with Gasteiger partial charge >= 0.3 is 12.4 Å². The highest BCUT2D eigenvalue weighted by Crippen LogP contribution is 2.36. The number of hydrogen-bond donors (Lipinski definition) is 1. The van der Waals surface area contributed by atoms with E-state index in [0.717, 1.165) is 11.1 Å². The fourth-order valence-electron chi connectivity index (χ4n) is 3.73. The second-order valence-electron chi connectivity index (χ2n) is 7.10. The van der Waals surface area contributed by atoms with Crippen LogP contribution in [0, 0.1) is 5.82 Å². The van der Waals surface area contributed by atoms with Crippen LogP contribution in [0.15, 0.2) is 72.8 Å². The van der Waals surface area contributed by atoms with Crippen LogP contribution in [0.2, 0.25) is 0 Å². The van der Waals surface area contributed by atoms with Crippen LogP contribution < -0.4 is 10.1 Å². The summed E-state index contributed by atoms with van der Waals surface area (Å²) >= 11 is 0. The Kier molecular flexibility index (Phi) is 5.54. The van der Waals surface area contributed by atoms with E-state index in [2.05, 4.69) is 10.1 Å². The van der Waals surface area contributed by atoms with Gasteiger partial charge in [0, 0.05) is 12.2 Å². The number of hydrogen-bond acceptors (Lipinski definition) is 2. The lowest BCUT2D eigenvalue weighted by atomic mass is 9.88. The van der Waals surface area contributed by atoms with Crippen molar-refractivity contribution in [2.75, 3.05) is 11.9 Å². The number of carbonyl (C=O) groups excluding carboxylic acids is 1. The Bertz CT molecular complexity index is 1070. The number of ether oxygens (including phenoxy) is 1. The summed E-state index contributed by atoms with van der Waals surface area (Å²) in [6.07, 6.45) is -4.14. The van der Waals surface area contributed by atoms with Gasteiger partial charge in [0.15, 0.2) is 0 Å². The first-order valence-electron chi connectivity index (χ1n) is 9.57. The van der Waals surface area contributed by atoms with Gasteiger partial charge in [-0.15, -0.1) is 13.2 Å². The third kappa shape index (κ3) is 4.79. The van der Waals surface area contributed by atoms with Crippen molar-refractivity contribution in [2.45, 2.75) is 18.8 Å². The van der Waals surface area contributed by atoms with Gasteiger partial charge in [0.05, 0.1) is 6.04 Å². The highest BCUT2D eigenvalue weighted by molar-refractivity contribution is 5.90. The summed E-state index contributed by atoms with van der Waals surface area (Å²) in [4.78, 5) is 14.7. The van der Waals surface area contributed by atoms with Gasteiger partial charge in [-0.05, 0) is 59.5 Å². The molecule has 0 unspecified atom stereocenters. The predicted octanol–water partition coefficient (Wildman–Crippen LogP) is 5.90. The zero-order valence-electron chi connectivity index (χ0n) is 16.2. The van der Waals surface area contributed by atoms with Crippen LogP contribution in [-0.2, 0) is 6.42 Å². The zero-order chi connectivity index (χ0) is 22.0. The number of nitrogens with zero attached hydrogens (tertiary/aromatic N) is 1. The number of amides is 2. The van der Waals surface area contributed by atoms with Gasteiger partial charge in [-0.1, -0.05) is 36.4 Å². The van der Waals surface area contributed by atoms with Crippen LogP contribution in [0.3, 0.4) is 0 Å². The van der Waals surface area contributed by atoms with Gasteiger partial charge in [-0.2, -0.15) is 0 Å². The van der Waals surface area contributed by atoms with E-state index in [0.29, 0.717) is 24.2 Å². The van der Waals surface area contributed by atoms with Gasteiger partial charge in [0.1, 0.15) is 11.6 Å². The number of anilines is 1. The van der Waals surface area contributed by atoms with Crippen molar-refractivity contribution >= 4 is 11.7 Å². The van der Waals surface area contributed by atoms with E-state index in [4.69, 9.17) is 0 Å². The molecule has 0 radical (unpaired) electrons. The standard InChI is InChI=1S/C23H18F4N2O2/c24-17-7-9-18(10-8-17)28-22(30)29-14-13-15-3-1-2-4-20(15)21(29)16-5-11-19(12-6-16)31-23(25,26)27/h1-12,21H,13-14H2,(H,28,30)/t21-/m1/s1. The van der Waals surface area contributed by atoms with Crippen LogP contribution >= 0.6 is 0 Å². The third-order valence-electron chi connectivity index (χ3n) is 5.07. The number of fused-ring (bicyclic) bond motifs is 1. The minimum absolute atomic E-state index is 0.331. The molecule has 3 aromatic rings. The summed E-state index contributed by atoms with van der Waals surface area (Å²) in [5.74, 6) is -0.744. The summed E-state index contributed by atoms with van der Waals surface area (Å²) in [6.45, 7) is 0.412. The van der Waals surface area contributed by atoms with E-state index < -0.39 is 18.2 Å². The first kappa shape index (κ1) is 20.7. The first-order valence-corrected chi connectivity index (χ1v) is 9.57. The molecule has 3 aromatic carbocycles. The quantitative estimate of drug-likeness (QED) is 0.526. The normalized spacial score (nSPS) is 15.9. The van der Waals surface area contributed by atoms with Crippen molar-refractivity contribution in [3.05, 3.63) is 95.3 Å². The minimum atomic E-state index is -4.78. The molecule has 2 amide bonds. The van der Waals surface area contributed by atoms with E-state index in [1.165, 1.54) is 48.5 Å². The fraction of sp³-hybridized carbons (Fsp3) is 0.174. The SMILES string of the molecule is O=C(Nc1ccc(F)cc1)N1CCc2ccccc2[C@H]1c1ccc(OC(F)(F)F)cc1. The highest BCUT2D eigenvalue weighted by Gasteiger charge is 2.33. The molecular weight excluding hydrogens is 412 g/mol. The Balaban J connectivity index is 1.65. The topological polar surface area (TPSA) is 41.6 Å². The summed E-state index contributed by atoms with van der Waals surface area (Å²) in [5.41, 5.74) is 3.05. The van der Waals surface area contributed by atoms with Gasteiger partial charge in [-0.25, -0.2) is 9.18 Å². The molecule has 4 nitrogen and oxygen atoms in total. The number of rotatable bonds is 3. The highest BCUT2D eigenvalue weighted by atomic mass is 19.4. The Morgan fingerprint density at radius 1 is 0.968 bits per heavy atom. The number of benzene rings is 3. The van der Waals surface area contributed by atoms with Crippen molar-refractivity contribution in [3.63, 3.8) is 0 Å². The van der Waals surface area contributed by atoms with E-state index in [1.807, 2.05) is 24.3 Å². The maximum atomic E-state index is 13.2. The average molecular weight is 430 g/mol. The number of alkyl halides is 3. The first-order chi connectivity index (χ1) is 14.8. The molecule has 0 aliphatic carbocycles. The molecule has 0 bridgehead atoms. The molecule has 1 heterocycles. The molecule has 1 atom stereocenters. The maximum Gasteiger partial charge on any atom is 0.573 e. The third-order valence-corrected chi connectivity index (χ3v) is 5.07. The molecule has 0 aromatic heterocycles. The number of urea groups is 1. The lowest BCUT2D eigenvalue weighted by Gasteiger charge is -2.37. The Hall–Kier alpha value is -3.55. The van der Waals surface area contributed by atoms with Crippen molar-refractivity contribution in [3.8, 4) is 5.75 Å². The average Bonchev–Trinajstić information content (AvgIpc) is 2.74. The second kappa shape index (κ2) is 8.29. The van der Waals surface area contributed by atoms with Crippen molar-refractivity contribution in [1.82, 2.24) is 4.90 Å². The number of nitrogens with one attached hydrogen (secondary N) is 1. The minimum Gasteiger partial charge on any atom is -0.406 e. The van der Waals surface area contributed by atoms with E-state index >= 15 is 0 Å². The van der Waals surface area contributed by atoms with E-state index in [-0.39, 0.29) is 11.8 Å². The molecule has 0 spiro atoms. The summed E-state index contributed by atoms with van der Waals surface area (Å²) in [7, 11) is 0. The Morgan fingerprint density at radius 3 is 2.32 bits per heavy atom. The maximum absolute atomic E-state index is 13.2. The van der Waals surface area contributed by atoms with Gasteiger partial charge in [0.2, 0.25) is 0 Å². The molecule has 4 rings (SSSR count). The molecule has 160 valence electrons. The van der Waals surface area contributed by atoms with Crippen LogP contribution in [0.4, 0.5) is 28.0 Å². The van der Waals surface area contributed by atoms with Gasteiger partial charge < -0.3 is 15.0 Å². The molecule has 31 heavy (non-hydrogen) atoms. The zero-order valence-corrected chi connectivity index (χ0v) is 16.2. The molecular formula is C23H18F4N2O2. The second-order valence-corrected chi connectivity index (χ2v) is 7.10.